The van der Waals surface area contributed by atoms with Crippen molar-refractivity contribution >= 4 is 39.9 Å². The highest BCUT2D eigenvalue weighted by atomic mass is 79.9. The van der Waals surface area contributed by atoms with Crippen LogP contribution in [-0.4, -0.2) is 46.0 Å². The van der Waals surface area contributed by atoms with Gasteiger partial charge < -0.3 is 15.1 Å². The number of hydrogen-bond donors (Lipinski definition) is 2. The van der Waals surface area contributed by atoms with Gasteiger partial charge in [0.2, 0.25) is 5.91 Å². The zero-order chi connectivity index (χ0) is 15.1. The number of aliphatic carboxylic acids is 2. The first-order chi connectivity index (χ1) is 9.38. The molecule has 0 aliphatic carbocycles. The molecule has 0 aliphatic rings. The molecular formula is C13H12BrNO5. The maximum Gasteiger partial charge on any atom is 0.323 e. The quantitative estimate of drug-likeness (QED) is 0.764. The Morgan fingerprint density at radius 2 is 1.55 bits per heavy atom. The molecule has 20 heavy (non-hydrogen) atoms. The Morgan fingerprint density at radius 1 is 1.05 bits per heavy atom. The number of carboxylic acids is 2. The molecule has 0 saturated carbocycles. The van der Waals surface area contributed by atoms with Gasteiger partial charge in [-0.25, -0.2) is 0 Å². The average Bonchev–Trinajstić information content (AvgIpc) is 2.36. The fraction of sp³-hybridized carbons (Fsp3) is 0.154. The highest BCUT2D eigenvalue weighted by Gasteiger charge is 2.17. The van der Waals surface area contributed by atoms with Crippen molar-refractivity contribution in [3.8, 4) is 0 Å². The van der Waals surface area contributed by atoms with Crippen LogP contribution in [0.5, 0.6) is 0 Å². The van der Waals surface area contributed by atoms with Crippen molar-refractivity contribution in [2.24, 2.45) is 0 Å². The first-order valence-corrected chi connectivity index (χ1v) is 6.34. The van der Waals surface area contributed by atoms with Crippen LogP contribution in [0.2, 0.25) is 0 Å². The van der Waals surface area contributed by atoms with Crippen molar-refractivity contribution in [2.75, 3.05) is 13.1 Å². The Bertz CT molecular complexity index is 522. The summed E-state index contributed by atoms with van der Waals surface area (Å²) in [6.45, 7) is -1.31. The number of carbonyl (C=O) groups is 3. The number of carboxylic acid groups (broad SMARTS) is 2. The molecule has 0 radical (unpaired) electrons. The summed E-state index contributed by atoms with van der Waals surface area (Å²) < 4.78 is 0.888. The molecular weight excluding hydrogens is 330 g/mol. The molecule has 0 spiro atoms. The molecule has 1 rings (SSSR count). The van der Waals surface area contributed by atoms with E-state index < -0.39 is 30.9 Å². The van der Waals surface area contributed by atoms with Crippen molar-refractivity contribution in [3.05, 3.63) is 40.4 Å². The molecule has 0 unspecified atom stereocenters. The van der Waals surface area contributed by atoms with Gasteiger partial charge >= 0.3 is 11.9 Å². The molecule has 0 atom stereocenters. The van der Waals surface area contributed by atoms with Crippen molar-refractivity contribution in [1.82, 2.24) is 4.90 Å². The fourth-order valence-corrected chi connectivity index (χ4v) is 1.65. The average molecular weight is 342 g/mol. The minimum absolute atomic E-state index is 0.657. The summed E-state index contributed by atoms with van der Waals surface area (Å²) in [5.74, 6) is -3.20. The highest BCUT2D eigenvalue weighted by Crippen LogP contribution is 2.11. The van der Waals surface area contributed by atoms with E-state index in [9.17, 15) is 14.4 Å². The topological polar surface area (TPSA) is 94.9 Å². The van der Waals surface area contributed by atoms with E-state index in [0.717, 1.165) is 21.0 Å². The van der Waals surface area contributed by atoms with Crippen LogP contribution in [0.3, 0.4) is 0 Å². The molecule has 106 valence electrons. The van der Waals surface area contributed by atoms with Gasteiger partial charge in [-0.2, -0.15) is 0 Å². The number of benzene rings is 1. The lowest BCUT2D eigenvalue weighted by molar-refractivity contribution is -0.147. The summed E-state index contributed by atoms with van der Waals surface area (Å²) in [6, 6.07) is 7.09. The van der Waals surface area contributed by atoms with Gasteiger partial charge in [-0.05, 0) is 23.8 Å². The molecule has 0 aliphatic heterocycles. The summed E-state index contributed by atoms with van der Waals surface area (Å²) in [5, 5.41) is 17.3. The third kappa shape index (κ3) is 5.66. The molecule has 1 aromatic rings. The zero-order valence-electron chi connectivity index (χ0n) is 10.3. The van der Waals surface area contributed by atoms with Crippen molar-refractivity contribution < 1.29 is 24.6 Å². The maximum absolute atomic E-state index is 11.8. The van der Waals surface area contributed by atoms with Gasteiger partial charge in [-0.3, -0.25) is 14.4 Å². The summed E-state index contributed by atoms with van der Waals surface area (Å²) in [6.07, 6.45) is 2.64. The maximum atomic E-state index is 11.8. The van der Waals surface area contributed by atoms with E-state index in [1.54, 1.807) is 24.3 Å². The van der Waals surface area contributed by atoms with Gasteiger partial charge in [0, 0.05) is 10.5 Å². The lowest BCUT2D eigenvalue weighted by Gasteiger charge is -2.16. The molecule has 0 heterocycles. The second-order valence-electron chi connectivity index (χ2n) is 3.87. The monoisotopic (exact) mass is 341 g/mol. The van der Waals surface area contributed by atoms with Crippen molar-refractivity contribution in [1.29, 1.82) is 0 Å². The molecule has 2 N–H and O–H groups in total. The zero-order valence-corrected chi connectivity index (χ0v) is 11.9. The van der Waals surface area contributed by atoms with Crippen LogP contribution in [-0.2, 0) is 14.4 Å². The van der Waals surface area contributed by atoms with E-state index in [4.69, 9.17) is 10.2 Å². The number of rotatable bonds is 6. The van der Waals surface area contributed by atoms with Gasteiger partial charge in [0.1, 0.15) is 13.1 Å². The van der Waals surface area contributed by atoms with Gasteiger partial charge in [-0.15, -0.1) is 0 Å². The number of nitrogens with zero attached hydrogens (tertiary/aromatic N) is 1. The summed E-state index contributed by atoms with van der Waals surface area (Å²) in [7, 11) is 0. The van der Waals surface area contributed by atoms with Gasteiger partial charge in [-0.1, -0.05) is 28.1 Å². The Morgan fingerprint density at radius 3 is 2.00 bits per heavy atom. The summed E-state index contributed by atoms with van der Waals surface area (Å²) in [4.78, 5) is 33.7. The molecule has 7 heteroatoms. The minimum atomic E-state index is -1.27. The normalized spacial score (nSPS) is 10.4. The number of amides is 1. The Kier molecular flexibility index (Phi) is 5.92. The molecule has 0 fully saturated rings. The van der Waals surface area contributed by atoms with Crippen LogP contribution in [0.25, 0.3) is 6.08 Å². The third-order valence-electron chi connectivity index (χ3n) is 2.25. The molecule has 0 bridgehead atoms. The molecule has 6 nitrogen and oxygen atoms in total. The van der Waals surface area contributed by atoms with Crippen LogP contribution < -0.4 is 0 Å². The van der Waals surface area contributed by atoms with E-state index in [2.05, 4.69) is 15.9 Å². The van der Waals surface area contributed by atoms with Crippen LogP contribution in [0.15, 0.2) is 34.8 Å². The van der Waals surface area contributed by atoms with E-state index in [1.165, 1.54) is 6.08 Å². The number of halogens is 1. The van der Waals surface area contributed by atoms with E-state index >= 15 is 0 Å². The van der Waals surface area contributed by atoms with Crippen LogP contribution in [0.4, 0.5) is 0 Å². The SMILES string of the molecule is O=C(O)CN(CC(=O)O)C(=O)C=Cc1ccc(Br)cc1. The number of carbonyl (C=O) groups excluding carboxylic acids is 1. The van der Waals surface area contributed by atoms with E-state index in [-0.39, 0.29) is 0 Å². The Labute approximate surface area is 123 Å². The lowest BCUT2D eigenvalue weighted by Crippen LogP contribution is -2.38. The second kappa shape index (κ2) is 7.44. The van der Waals surface area contributed by atoms with Crippen molar-refractivity contribution in [2.45, 2.75) is 0 Å². The summed E-state index contributed by atoms with van der Waals surface area (Å²) >= 11 is 3.27. The minimum Gasteiger partial charge on any atom is -0.480 e. The molecule has 1 aromatic carbocycles. The van der Waals surface area contributed by atoms with Crippen LogP contribution >= 0.6 is 15.9 Å². The molecule has 0 aromatic heterocycles. The highest BCUT2D eigenvalue weighted by molar-refractivity contribution is 9.10. The lowest BCUT2D eigenvalue weighted by atomic mass is 10.2. The van der Waals surface area contributed by atoms with E-state index in [1.807, 2.05) is 0 Å². The summed E-state index contributed by atoms with van der Waals surface area (Å²) in [5.41, 5.74) is 0.743. The van der Waals surface area contributed by atoms with Crippen LogP contribution in [0.1, 0.15) is 5.56 Å². The van der Waals surface area contributed by atoms with Gasteiger partial charge in [0.15, 0.2) is 0 Å². The number of hydrogen-bond acceptors (Lipinski definition) is 3. The first kappa shape index (κ1) is 15.9. The smallest absolute Gasteiger partial charge is 0.323 e. The molecule has 0 saturated heterocycles. The van der Waals surface area contributed by atoms with Crippen LogP contribution in [0, 0.1) is 0 Å². The predicted octanol–water partition coefficient (Wildman–Crippen LogP) is 1.46. The van der Waals surface area contributed by atoms with Gasteiger partial charge in [0.05, 0.1) is 0 Å². The largest absolute Gasteiger partial charge is 0.480 e. The van der Waals surface area contributed by atoms with E-state index in [0.29, 0.717) is 0 Å². The van der Waals surface area contributed by atoms with Crippen molar-refractivity contribution in [3.63, 3.8) is 0 Å². The van der Waals surface area contributed by atoms with Gasteiger partial charge in [0.25, 0.3) is 0 Å². The molecule has 1 amide bonds. The second-order valence-corrected chi connectivity index (χ2v) is 4.78. The fourth-order valence-electron chi connectivity index (χ4n) is 1.39. The standard InChI is InChI=1S/C13H12BrNO5/c14-10-4-1-9(2-5-10)3-6-11(16)15(7-12(17)18)8-13(19)20/h1-6H,7-8H2,(H,17,18)(H,19,20). The Hall–Kier alpha value is -2.15. The first-order valence-electron chi connectivity index (χ1n) is 5.54. The predicted molar refractivity (Wildman–Crippen MR) is 75.0 cm³/mol. The third-order valence-corrected chi connectivity index (χ3v) is 2.78. The Balaban J connectivity index is 2.76.